The van der Waals surface area contributed by atoms with Crippen LogP contribution in [-0.2, 0) is 13.5 Å². The molecule has 0 radical (unpaired) electrons. The zero-order chi connectivity index (χ0) is 10.7. The van der Waals surface area contributed by atoms with Crippen LogP contribution < -0.4 is 0 Å². The fourth-order valence-corrected chi connectivity index (χ4v) is 1.52. The van der Waals surface area contributed by atoms with Crippen LogP contribution in [-0.4, -0.2) is 21.5 Å². The first kappa shape index (κ1) is 11.0. The van der Waals surface area contributed by atoms with E-state index >= 15 is 0 Å². The van der Waals surface area contributed by atoms with Gasteiger partial charge in [0.15, 0.2) is 0 Å². The second kappa shape index (κ2) is 4.45. The van der Waals surface area contributed by atoms with E-state index in [0.29, 0.717) is 11.4 Å². The first-order chi connectivity index (χ1) is 6.60. The minimum atomic E-state index is -0.415. The third-order valence-corrected chi connectivity index (χ3v) is 2.60. The number of nitriles is 1. The molecule has 1 aromatic rings. The molecular formula is C9H12ClN3O. The quantitative estimate of drug-likeness (QED) is 0.817. The number of halogens is 1. The Morgan fingerprint density at radius 2 is 2.36 bits per heavy atom. The average molecular weight is 214 g/mol. The van der Waals surface area contributed by atoms with Gasteiger partial charge in [-0.05, 0) is 6.92 Å². The van der Waals surface area contributed by atoms with E-state index in [1.54, 1.807) is 11.7 Å². The van der Waals surface area contributed by atoms with Gasteiger partial charge in [0.05, 0.1) is 35.0 Å². The van der Waals surface area contributed by atoms with Gasteiger partial charge in [-0.25, -0.2) is 0 Å². The lowest BCUT2D eigenvalue weighted by Crippen LogP contribution is -2.10. The minimum absolute atomic E-state index is 0.156. The zero-order valence-corrected chi connectivity index (χ0v) is 8.91. The molecule has 14 heavy (non-hydrogen) atoms. The predicted octanol–water partition coefficient (Wildman–Crippen LogP) is 1.06. The fourth-order valence-electron chi connectivity index (χ4n) is 1.29. The van der Waals surface area contributed by atoms with Crippen molar-refractivity contribution in [3.63, 3.8) is 0 Å². The highest BCUT2D eigenvalue weighted by atomic mass is 35.5. The van der Waals surface area contributed by atoms with E-state index in [1.807, 2.05) is 13.0 Å². The fraction of sp³-hybridized carbons (Fsp3) is 0.556. The van der Waals surface area contributed by atoms with Crippen LogP contribution in [0.15, 0.2) is 0 Å². The molecule has 0 amide bonds. The van der Waals surface area contributed by atoms with Crippen molar-refractivity contribution >= 4 is 11.6 Å². The van der Waals surface area contributed by atoms with Gasteiger partial charge in [0.2, 0.25) is 0 Å². The summed E-state index contributed by atoms with van der Waals surface area (Å²) in [5.41, 5.74) is 1.54. The molecule has 1 N–H and O–H groups in total. The summed E-state index contributed by atoms with van der Waals surface area (Å²) in [4.78, 5) is 0. The molecule has 0 fully saturated rings. The lowest BCUT2D eigenvalue weighted by atomic mass is 10.1. The highest BCUT2D eigenvalue weighted by molar-refractivity contribution is 6.31. The Morgan fingerprint density at radius 3 is 2.71 bits per heavy atom. The van der Waals surface area contributed by atoms with E-state index in [2.05, 4.69) is 5.10 Å². The number of rotatable bonds is 3. The van der Waals surface area contributed by atoms with E-state index in [4.69, 9.17) is 22.0 Å². The standard InChI is InChI=1S/C9H12ClN3O/c1-6-9(10)8(13(2)12-6)3-7(4-11)5-14/h7,14H,3,5H2,1-2H3. The smallest absolute Gasteiger partial charge is 0.0847 e. The molecule has 1 aromatic heterocycles. The number of nitrogens with zero attached hydrogens (tertiary/aromatic N) is 3. The lowest BCUT2D eigenvalue weighted by Gasteiger charge is -2.05. The number of aliphatic hydroxyl groups excluding tert-OH is 1. The molecule has 1 unspecified atom stereocenters. The van der Waals surface area contributed by atoms with Crippen molar-refractivity contribution in [3.8, 4) is 6.07 Å². The Hall–Kier alpha value is -1.05. The van der Waals surface area contributed by atoms with E-state index in [1.165, 1.54) is 0 Å². The molecule has 0 saturated heterocycles. The van der Waals surface area contributed by atoms with E-state index in [-0.39, 0.29) is 6.61 Å². The van der Waals surface area contributed by atoms with Crippen LogP contribution in [0, 0.1) is 24.2 Å². The van der Waals surface area contributed by atoms with Crippen molar-refractivity contribution in [3.05, 3.63) is 16.4 Å². The first-order valence-electron chi connectivity index (χ1n) is 4.28. The molecular weight excluding hydrogens is 202 g/mol. The van der Waals surface area contributed by atoms with E-state index in [9.17, 15) is 0 Å². The summed E-state index contributed by atoms with van der Waals surface area (Å²) < 4.78 is 1.65. The number of aromatic nitrogens is 2. The molecule has 0 bridgehead atoms. The molecule has 0 aliphatic heterocycles. The zero-order valence-electron chi connectivity index (χ0n) is 8.16. The Bertz CT molecular complexity index is 367. The van der Waals surface area contributed by atoms with E-state index < -0.39 is 5.92 Å². The summed E-state index contributed by atoms with van der Waals surface area (Å²) in [5.74, 6) is -0.415. The molecule has 0 spiro atoms. The van der Waals surface area contributed by atoms with Crippen molar-refractivity contribution < 1.29 is 5.11 Å². The molecule has 1 heterocycles. The van der Waals surface area contributed by atoms with Gasteiger partial charge in [-0.1, -0.05) is 11.6 Å². The Balaban J connectivity index is 2.91. The van der Waals surface area contributed by atoms with Crippen LogP contribution in [0.1, 0.15) is 11.4 Å². The summed E-state index contributed by atoms with van der Waals surface area (Å²) in [5, 5.41) is 22.3. The van der Waals surface area contributed by atoms with Crippen LogP contribution in [0.5, 0.6) is 0 Å². The molecule has 0 saturated carbocycles. The van der Waals surface area contributed by atoms with Gasteiger partial charge < -0.3 is 5.11 Å². The highest BCUT2D eigenvalue weighted by Gasteiger charge is 2.15. The highest BCUT2D eigenvalue weighted by Crippen LogP contribution is 2.21. The monoisotopic (exact) mass is 213 g/mol. The predicted molar refractivity (Wildman–Crippen MR) is 52.8 cm³/mol. The first-order valence-corrected chi connectivity index (χ1v) is 4.66. The maximum Gasteiger partial charge on any atom is 0.0847 e. The molecule has 0 aliphatic carbocycles. The second-order valence-corrected chi connectivity index (χ2v) is 3.56. The molecule has 76 valence electrons. The SMILES string of the molecule is Cc1nn(C)c(CC(C#N)CO)c1Cl. The third-order valence-electron chi connectivity index (χ3n) is 2.10. The van der Waals surface area contributed by atoms with Crippen LogP contribution in [0.4, 0.5) is 0 Å². The summed E-state index contributed by atoms with van der Waals surface area (Å²) in [6, 6.07) is 2.01. The number of hydrogen-bond acceptors (Lipinski definition) is 3. The van der Waals surface area contributed by atoms with Gasteiger partial charge in [-0.3, -0.25) is 4.68 Å². The molecule has 0 aromatic carbocycles. The largest absolute Gasteiger partial charge is 0.395 e. The summed E-state index contributed by atoms with van der Waals surface area (Å²) in [7, 11) is 1.78. The summed E-state index contributed by atoms with van der Waals surface area (Å²) in [6.07, 6.45) is 0.434. The number of hydrogen-bond donors (Lipinski definition) is 1. The van der Waals surface area contributed by atoms with Gasteiger partial charge in [0, 0.05) is 13.5 Å². The molecule has 1 atom stereocenters. The second-order valence-electron chi connectivity index (χ2n) is 3.18. The summed E-state index contributed by atoms with van der Waals surface area (Å²) in [6.45, 7) is 1.66. The van der Waals surface area contributed by atoms with Crippen LogP contribution in [0.25, 0.3) is 0 Å². The van der Waals surface area contributed by atoms with Gasteiger partial charge in [0.25, 0.3) is 0 Å². The Morgan fingerprint density at radius 1 is 1.71 bits per heavy atom. The molecule has 5 heteroatoms. The Labute approximate surface area is 87.7 Å². The van der Waals surface area contributed by atoms with Gasteiger partial charge in [-0.15, -0.1) is 0 Å². The Kier molecular flexibility index (Phi) is 3.50. The van der Waals surface area contributed by atoms with Crippen LogP contribution in [0.3, 0.4) is 0 Å². The number of aliphatic hydroxyl groups is 1. The maximum atomic E-state index is 8.88. The van der Waals surface area contributed by atoms with Gasteiger partial charge in [-0.2, -0.15) is 10.4 Å². The van der Waals surface area contributed by atoms with E-state index in [0.717, 1.165) is 11.4 Å². The maximum absolute atomic E-state index is 8.88. The van der Waals surface area contributed by atoms with Gasteiger partial charge in [0.1, 0.15) is 0 Å². The third kappa shape index (κ3) is 2.06. The van der Waals surface area contributed by atoms with Gasteiger partial charge >= 0.3 is 0 Å². The van der Waals surface area contributed by atoms with Crippen LogP contribution >= 0.6 is 11.6 Å². The number of aryl methyl sites for hydroxylation is 2. The van der Waals surface area contributed by atoms with Crippen molar-refractivity contribution in [2.45, 2.75) is 13.3 Å². The molecule has 0 aliphatic rings. The van der Waals surface area contributed by atoms with Crippen LogP contribution in [0.2, 0.25) is 5.02 Å². The average Bonchev–Trinajstić information content (AvgIpc) is 2.40. The normalized spacial score (nSPS) is 12.5. The van der Waals surface area contributed by atoms with Crippen molar-refractivity contribution in [2.75, 3.05) is 6.61 Å². The molecule has 1 rings (SSSR count). The lowest BCUT2D eigenvalue weighted by molar-refractivity contribution is 0.254. The minimum Gasteiger partial charge on any atom is -0.395 e. The van der Waals surface area contributed by atoms with Crippen molar-refractivity contribution in [2.24, 2.45) is 13.0 Å². The molecule has 4 nitrogen and oxygen atoms in total. The van der Waals surface area contributed by atoms with Crippen molar-refractivity contribution in [1.29, 1.82) is 5.26 Å². The topological polar surface area (TPSA) is 61.8 Å². The van der Waals surface area contributed by atoms with Crippen molar-refractivity contribution in [1.82, 2.24) is 9.78 Å². The summed E-state index contributed by atoms with van der Waals surface area (Å²) >= 11 is 6.00.